The quantitative estimate of drug-likeness (QED) is 0.542. The first kappa shape index (κ1) is 27.4. The number of likely N-dealkylation sites (N-methyl/N-ethyl adjacent to an activating group) is 1. The predicted octanol–water partition coefficient (Wildman–Crippen LogP) is 6.16. The second-order valence-corrected chi connectivity index (χ2v) is 8.62. The summed E-state index contributed by atoms with van der Waals surface area (Å²) in [7, 11) is 0. The fourth-order valence-corrected chi connectivity index (χ4v) is 4.08. The molecule has 1 aromatic heterocycles. The zero-order valence-corrected chi connectivity index (χ0v) is 21.3. The molecule has 0 saturated heterocycles. The molecule has 1 aliphatic rings. The standard InChI is InChI=1S/C21H24N2O4S.2C2H6/c1-5-23-15-10-7-6-9-14(15)21(18(23)25,22-19(26)27-20(2,3)4)13-16(24)17-11-8-12-28-17;2*1-2/h6-12H,5,13H2,1-4H3,(H,22,26);2*1-2H3. The number of hydrogen-bond donors (Lipinski definition) is 1. The van der Waals surface area contributed by atoms with E-state index in [2.05, 4.69) is 5.32 Å². The molecular weight excluding hydrogens is 424 g/mol. The van der Waals surface area contributed by atoms with Gasteiger partial charge in [0.15, 0.2) is 11.3 Å². The van der Waals surface area contributed by atoms with Gasteiger partial charge in [0.05, 0.1) is 4.88 Å². The first-order valence-corrected chi connectivity index (χ1v) is 12.1. The van der Waals surface area contributed by atoms with E-state index in [1.807, 2.05) is 52.1 Å². The van der Waals surface area contributed by atoms with Crippen molar-refractivity contribution in [3.63, 3.8) is 0 Å². The summed E-state index contributed by atoms with van der Waals surface area (Å²) in [6.45, 7) is 15.5. The lowest BCUT2D eigenvalue weighted by Gasteiger charge is -2.30. The molecule has 2 aromatic rings. The van der Waals surface area contributed by atoms with E-state index in [-0.39, 0.29) is 18.1 Å². The Morgan fingerprint density at radius 1 is 1.06 bits per heavy atom. The second-order valence-electron chi connectivity index (χ2n) is 7.68. The van der Waals surface area contributed by atoms with Crippen molar-refractivity contribution in [1.29, 1.82) is 0 Å². The van der Waals surface area contributed by atoms with Gasteiger partial charge < -0.3 is 15.0 Å². The van der Waals surface area contributed by atoms with Crippen LogP contribution in [-0.2, 0) is 15.1 Å². The summed E-state index contributed by atoms with van der Waals surface area (Å²) in [6.07, 6.45) is -0.897. The molecule has 0 spiro atoms. The minimum atomic E-state index is -1.49. The molecular formula is C25H36N2O4S. The smallest absolute Gasteiger partial charge is 0.408 e. The Labute approximate surface area is 196 Å². The summed E-state index contributed by atoms with van der Waals surface area (Å²) < 4.78 is 5.40. The first-order chi connectivity index (χ1) is 15.2. The molecule has 0 aliphatic carbocycles. The van der Waals surface area contributed by atoms with Crippen molar-refractivity contribution in [3.05, 3.63) is 52.2 Å². The normalized spacial score (nSPS) is 16.8. The summed E-state index contributed by atoms with van der Waals surface area (Å²) in [5.74, 6) is -0.529. The molecule has 1 aliphatic heterocycles. The number of para-hydroxylation sites is 1. The number of thiophene rings is 1. The molecule has 7 heteroatoms. The van der Waals surface area contributed by atoms with Crippen molar-refractivity contribution >= 4 is 34.8 Å². The minimum absolute atomic E-state index is 0.168. The molecule has 1 unspecified atom stereocenters. The van der Waals surface area contributed by atoms with Crippen LogP contribution in [0.1, 0.15) is 77.0 Å². The third-order valence-electron chi connectivity index (χ3n) is 4.52. The molecule has 0 saturated carbocycles. The topological polar surface area (TPSA) is 75.7 Å². The monoisotopic (exact) mass is 460 g/mol. The lowest BCUT2D eigenvalue weighted by Crippen LogP contribution is -2.55. The Hall–Kier alpha value is -2.67. The van der Waals surface area contributed by atoms with Crippen LogP contribution in [-0.4, -0.2) is 29.9 Å². The van der Waals surface area contributed by atoms with Gasteiger partial charge in [-0.1, -0.05) is 52.0 Å². The maximum absolute atomic E-state index is 13.4. The van der Waals surface area contributed by atoms with E-state index in [1.165, 1.54) is 11.3 Å². The van der Waals surface area contributed by atoms with Gasteiger partial charge in [0.25, 0.3) is 5.91 Å². The Balaban J connectivity index is 0.00000121. The summed E-state index contributed by atoms with van der Waals surface area (Å²) in [5, 5.41) is 4.55. The van der Waals surface area contributed by atoms with Crippen molar-refractivity contribution in [2.45, 2.75) is 73.0 Å². The molecule has 32 heavy (non-hydrogen) atoms. The third kappa shape index (κ3) is 5.97. The van der Waals surface area contributed by atoms with Crippen molar-refractivity contribution < 1.29 is 19.1 Å². The van der Waals surface area contributed by atoms with E-state index < -0.39 is 17.2 Å². The van der Waals surface area contributed by atoms with Crippen LogP contribution in [0.4, 0.5) is 10.5 Å². The average molecular weight is 461 g/mol. The molecule has 0 bridgehead atoms. The van der Waals surface area contributed by atoms with Gasteiger partial charge in [0, 0.05) is 24.2 Å². The van der Waals surface area contributed by atoms with Gasteiger partial charge in [0.1, 0.15) is 5.60 Å². The Bertz CT molecular complexity index is 903. The number of ketones is 1. The van der Waals surface area contributed by atoms with Gasteiger partial charge in [-0.3, -0.25) is 9.59 Å². The third-order valence-corrected chi connectivity index (χ3v) is 5.43. The summed E-state index contributed by atoms with van der Waals surface area (Å²) in [4.78, 5) is 41.1. The van der Waals surface area contributed by atoms with E-state index in [4.69, 9.17) is 4.74 Å². The number of rotatable bonds is 5. The predicted molar refractivity (Wildman–Crippen MR) is 131 cm³/mol. The maximum atomic E-state index is 13.4. The van der Waals surface area contributed by atoms with Gasteiger partial charge in [0.2, 0.25) is 0 Å². The number of ether oxygens (including phenoxy) is 1. The largest absolute Gasteiger partial charge is 0.444 e. The highest BCUT2D eigenvalue weighted by Gasteiger charge is 2.53. The molecule has 176 valence electrons. The fourth-order valence-electron chi connectivity index (χ4n) is 3.42. The number of fused-ring (bicyclic) bond motifs is 1. The van der Waals surface area contributed by atoms with Crippen LogP contribution in [0, 0.1) is 0 Å². The van der Waals surface area contributed by atoms with Crippen molar-refractivity contribution in [1.82, 2.24) is 5.32 Å². The summed E-state index contributed by atoms with van der Waals surface area (Å²) in [6, 6.07) is 10.7. The van der Waals surface area contributed by atoms with Gasteiger partial charge >= 0.3 is 6.09 Å². The van der Waals surface area contributed by atoms with E-state index in [0.29, 0.717) is 22.7 Å². The Morgan fingerprint density at radius 3 is 2.22 bits per heavy atom. The number of nitrogens with one attached hydrogen (secondary N) is 1. The van der Waals surface area contributed by atoms with Crippen LogP contribution in [0.5, 0.6) is 0 Å². The van der Waals surface area contributed by atoms with Gasteiger partial charge in [-0.05, 0) is 45.2 Å². The van der Waals surface area contributed by atoms with Gasteiger partial charge in [-0.2, -0.15) is 0 Å². The molecule has 1 atom stereocenters. The first-order valence-electron chi connectivity index (χ1n) is 11.2. The number of nitrogens with zero attached hydrogens (tertiary/aromatic N) is 1. The molecule has 2 amide bonds. The van der Waals surface area contributed by atoms with Gasteiger partial charge in [-0.25, -0.2) is 4.79 Å². The van der Waals surface area contributed by atoms with Crippen LogP contribution in [0.2, 0.25) is 0 Å². The number of amides is 2. The molecule has 6 nitrogen and oxygen atoms in total. The van der Waals surface area contributed by atoms with Crippen molar-refractivity contribution in [2.75, 3.05) is 11.4 Å². The zero-order valence-electron chi connectivity index (χ0n) is 20.4. The average Bonchev–Trinajstić information content (AvgIpc) is 3.37. The van der Waals surface area contributed by atoms with E-state index in [9.17, 15) is 14.4 Å². The second kappa shape index (κ2) is 11.8. The number of benzene rings is 1. The van der Waals surface area contributed by atoms with Crippen LogP contribution in [0.3, 0.4) is 0 Å². The highest BCUT2D eigenvalue weighted by molar-refractivity contribution is 7.12. The van der Waals surface area contributed by atoms with E-state index in [1.54, 1.807) is 49.9 Å². The van der Waals surface area contributed by atoms with Crippen molar-refractivity contribution in [3.8, 4) is 0 Å². The molecule has 0 radical (unpaired) electrons. The molecule has 1 N–H and O–H groups in total. The van der Waals surface area contributed by atoms with Crippen LogP contribution in [0.25, 0.3) is 0 Å². The fraction of sp³-hybridized carbons (Fsp3) is 0.480. The van der Waals surface area contributed by atoms with Gasteiger partial charge in [-0.15, -0.1) is 11.3 Å². The molecule has 2 heterocycles. The summed E-state index contributed by atoms with van der Waals surface area (Å²) in [5.41, 5.74) is -0.910. The van der Waals surface area contributed by atoms with Crippen LogP contribution < -0.4 is 10.2 Å². The number of carbonyl (C=O) groups excluding carboxylic acids is 3. The van der Waals surface area contributed by atoms with E-state index in [0.717, 1.165) is 0 Å². The number of carbonyl (C=O) groups is 3. The van der Waals surface area contributed by atoms with Crippen molar-refractivity contribution in [2.24, 2.45) is 0 Å². The van der Waals surface area contributed by atoms with Crippen LogP contribution in [0.15, 0.2) is 41.8 Å². The highest BCUT2D eigenvalue weighted by atomic mass is 32.1. The number of Topliss-reactive ketones (excluding diaryl/α,β-unsaturated/α-hetero) is 1. The minimum Gasteiger partial charge on any atom is -0.444 e. The maximum Gasteiger partial charge on any atom is 0.408 e. The zero-order chi connectivity index (χ0) is 24.5. The van der Waals surface area contributed by atoms with E-state index >= 15 is 0 Å². The number of hydrogen-bond acceptors (Lipinski definition) is 5. The van der Waals surface area contributed by atoms with Crippen LogP contribution >= 0.6 is 11.3 Å². The molecule has 1 aromatic carbocycles. The summed E-state index contributed by atoms with van der Waals surface area (Å²) >= 11 is 1.31. The number of anilines is 1. The number of alkyl carbamates (subject to hydrolysis) is 1. The highest BCUT2D eigenvalue weighted by Crippen LogP contribution is 2.43. The Kier molecular flexibility index (Phi) is 10.1. The molecule has 3 rings (SSSR count). The lowest BCUT2D eigenvalue weighted by molar-refractivity contribution is -0.124. The molecule has 0 fully saturated rings. The Morgan fingerprint density at radius 2 is 1.69 bits per heavy atom. The SMILES string of the molecule is CC.CC.CCN1C(=O)C(CC(=O)c2cccs2)(NC(=O)OC(C)(C)C)c2ccccc21. The lowest BCUT2D eigenvalue weighted by atomic mass is 9.85.